The van der Waals surface area contributed by atoms with Crippen LogP contribution < -0.4 is 10.2 Å². The second-order valence-electron chi connectivity index (χ2n) is 11.5. The fourth-order valence-corrected chi connectivity index (χ4v) is 7.08. The molecule has 4 aliphatic heterocycles. The van der Waals surface area contributed by atoms with Crippen molar-refractivity contribution in [1.29, 1.82) is 0 Å². The number of amides is 8. The van der Waals surface area contributed by atoms with Gasteiger partial charge in [-0.05, 0) is 80.7 Å². The summed E-state index contributed by atoms with van der Waals surface area (Å²) in [6.45, 7) is 0.852. The number of imide groups is 4. The zero-order valence-electron chi connectivity index (χ0n) is 23.3. The number of fused-ring (bicyclic) bond motifs is 4. The molecule has 3 saturated heterocycles. The number of benzene rings is 1. The summed E-state index contributed by atoms with van der Waals surface area (Å²) in [7, 11) is 2.80. The number of nitrogens with one attached hydrogen (secondary N) is 1. The maximum atomic E-state index is 13.6. The molecule has 1 unspecified atom stereocenters. The average Bonchev–Trinajstić information content (AvgIpc) is 3.47. The van der Waals surface area contributed by atoms with Crippen molar-refractivity contribution in [3.8, 4) is 0 Å². The van der Waals surface area contributed by atoms with Crippen molar-refractivity contribution < 1.29 is 28.8 Å². The molecule has 11 heteroatoms. The van der Waals surface area contributed by atoms with Gasteiger partial charge in [0.15, 0.2) is 5.41 Å². The van der Waals surface area contributed by atoms with Crippen molar-refractivity contribution in [2.75, 3.05) is 32.1 Å². The van der Waals surface area contributed by atoms with Crippen molar-refractivity contribution in [3.63, 3.8) is 0 Å². The van der Waals surface area contributed by atoms with Crippen LogP contribution in [0.5, 0.6) is 0 Å². The predicted octanol–water partition coefficient (Wildman–Crippen LogP) is 2.60. The Morgan fingerprint density at radius 2 is 1.76 bits per heavy atom. The van der Waals surface area contributed by atoms with Crippen LogP contribution in [-0.2, 0) is 25.6 Å². The molecular weight excluding hydrogens is 526 g/mol. The molecule has 1 aliphatic carbocycles. The number of anilines is 1. The molecule has 11 nitrogen and oxygen atoms in total. The quantitative estimate of drug-likeness (QED) is 0.260. The van der Waals surface area contributed by atoms with Gasteiger partial charge in [-0.2, -0.15) is 0 Å². The van der Waals surface area contributed by atoms with Gasteiger partial charge in [0, 0.05) is 32.9 Å². The molecule has 0 bridgehead atoms. The minimum Gasteiger partial charge on any atom is -0.367 e. The summed E-state index contributed by atoms with van der Waals surface area (Å²) in [4.78, 5) is 83.5. The summed E-state index contributed by atoms with van der Waals surface area (Å²) in [5.41, 5.74) is 1.76. The van der Waals surface area contributed by atoms with Crippen molar-refractivity contribution >= 4 is 47.5 Å². The Morgan fingerprint density at radius 1 is 1.00 bits per heavy atom. The van der Waals surface area contributed by atoms with Crippen LogP contribution in [0.3, 0.4) is 0 Å². The molecule has 8 amide bonds. The molecule has 1 N–H and O–H groups in total. The van der Waals surface area contributed by atoms with Crippen LogP contribution in [0, 0.1) is 5.41 Å². The van der Waals surface area contributed by atoms with Gasteiger partial charge in [0.2, 0.25) is 11.8 Å². The average molecular weight is 560 g/mol. The third-order valence-electron chi connectivity index (χ3n) is 9.19. The first-order valence-corrected chi connectivity index (χ1v) is 14.2. The minimum atomic E-state index is -1.44. The molecule has 214 valence electrons. The number of carbonyl (C=O) groups is 6. The van der Waals surface area contributed by atoms with Gasteiger partial charge in [0.25, 0.3) is 11.8 Å². The van der Waals surface area contributed by atoms with E-state index in [1.165, 1.54) is 25.7 Å². The monoisotopic (exact) mass is 559 g/mol. The maximum Gasteiger partial charge on any atom is 0.332 e. The fourth-order valence-electron chi connectivity index (χ4n) is 7.08. The summed E-state index contributed by atoms with van der Waals surface area (Å²) in [5, 5.41) is 2.28. The molecule has 0 radical (unpaired) electrons. The number of nitrogens with zero attached hydrogens (tertiary/aromatic N) is 4. The van der Waals surface area contributed by atoms with Crippen molar-refractivity contribution in [2.24, 2.45) is 5.41 Å². The van der Waals surface area contributed by atoms with E-state index in [-0.39, 0.29) is 24.6 Å². The molecule has 1 spiro atoms. The Morgan fingerprint density at radius 3 is 2.46 bits per heavy atom. The number of carbonyl (C=O) groups excluding carboxylic acids is 6. The zero-order chi connectivity index (χ0) is 29.1. The normalized spacial score (nSPS) is 25.2. The molecule has 5 aliphatic rings. The Balaban J connectivity index is 1.32. The Bertz CT molecular complexity index is 1440. The molecule has 1 aromatic rings. The standard InChI is InChI=1S/C30H33N5O6/c1-32-26(38)30(27(39)33(2)29(32)41)17-20-15-19(10-11-22(20)34-13-6-9-23(30)34)16-21-24(36)31-28(40)35(25(21)37)14-12-18-7-4-3-5-8-18/h7,10-11,15-16,23H,3-6,8-9,12-14,17H2,1-2H3,(H,31,36,40). The first-order chi connectivity index (χ1) is 19.6. The molecule has 3 fully saturated rings. The maximum absolute atomic E-state index is 13.6. The lowest BCUT2D eigenvalue weighted by molar-refractivity contribution is -0.159. The molecule has 41 heavy (non-hydrogen) atoms. The number of hydrogen-bond donors (Lipinski definition) is 1. The van der Waals surface area contributed by atoms with Gasteiger partial charge in [0.05, 0.1) is 6.04 Å². The number of hydrogen-bond acceptors (Lipinski definition) is 7. The highest BCUT2D eigenvalue weighted by molar-refractivity contribution is 6.31. The third-order valence-corrected chi connectivity index (χ3v) is 9.19. The fraction of sp³-hybridized carbons (Fsp3) is 0.467. The molecule has 6 rings (SSSR count). The zero-order valence-corrected chi connectivity index (χ0v) is 23.3. The van der Waals surface area contributed by atoms with Crippen LogP contribution in [0.15, 0.2) is 35.4 Å². The lowest BCUT2D eigenvalue weighted by atomic mass is 9.68. The van der Waals surface area contributed by atoms with Crippen LogP contribution in [0.2, 0.25) is 0 Å². The van der Waals surface area contributed by atoms with E-state index >= 15 is 0 Å². The molecule has 0 saturated carbocycles. The highest BCUT2D eigenvalue weighted by atomic mass is 16.2. The van der Waals surface area contributed by atoms with E-state index < -0.39 is 41.1 Å². The van der Waals surface area contributed by atoms with Crippen LogP contribution in [0.25, 0.3) is 6.08 Å². The summed E-state index contributed by atoms with van der Waals surface area (Å²) in [6.07, 6.45) is 9.91. The number of barbiturate groups is 2. The van der Waals surface area contributed by atoms with Gasteiger partial charge in [-0.3, -0.25) is 39.2 Å². The van der Waals surface area contributed by atoms with E-state index in [9.17, 15) is 28.8 Å². The van der Waals surface area contributed by atoms with E-state index in [4.69, 9.17) is 0 Å². The van der Waals surface area contributed by atoms with E-state index in [0.29, 0.717) is 24.9 Å². The highest BCUT2D eigenvalue weighted by Crippen LogP contribution is 2.49. The predicted molar refractivity (Wildman–Crippen MR) is 148 cm³/mol. The van der Waals surface area contributed by atoms with Crippen LogP contribution in [-0.4, -0.2) is 83.6 Å². The second-order valence-corrected chi connectivity index (χ2v) is 11.5. The topological polar surface area (TPSA) is 127 Å². The van der Waals surface area contributed by atoms with E-state index in [1.807, 2.05) is 6.07 Å². The van der Waals surface area contributed by atoms with E-state index in [2.05, 4.69) is 16.3 Å². The summed E-state index contributed by atoms with van der Waals surface area (Å²) >= 11 is 0. The van der Waals surface area contributed by atoms with Gasteiger partial charge in [0.1, 0.15) is 5.57 Å². The lowest BCUT2D eigenvalue weighted by Gasteiger charge is -2.50. The highest BCUT2D eigenvalue weighted by Gasteiger charge is 2.63. The van der Waals surface area contributed by atoms with Gasteiger partial charge in [-0.25, -0.2) is 9.59 Å². The van der Waals surface area contributed by atoms with Crippen LogP contribution >= 0.6 is 0 Å². The van der Waals surface area contributed by atoms with Gasteiger partial charge in [-0.15, -0.1) is 0 Å². The summed E-state index contributed by atoms with van der Waals surface area (Å²) < 4.78 is 0. The van der Waals surface area contributed by atoms with Crippen molar-refractivity contribution in [3.05, 3.63) is 46.5 Å². The third kappa shape index (κ3) is 4.17. The summed E-state index contributed by atoms with van der Waals surface area (Å²) in [6, 6.07) is 3.70. The van der Waals surface area contributed by atoms with Gasteiger partial charge in [-0.1, -0.05) is 17.7 Å². The molecule has 4 heterocycles. The van der Waals surface area contributed by atoms with E-state index in [1.54, 1.807) is 12.1 Å². The van der Waals surface area contributed by atoms with Crippen LogP contribution in [0.1, 0.15) is 56.1 Å². The molecule has 1 atom stereocenters. The molecule has 1 aromatic carbocycles. The van der Waals surface area contributed by atoms with Crippen LogP contribution in [0.4, 0.5) is 15.3 Å². The second kappa shape index (κ2) is 9.97. The number of urea groups is 2. The Labute approximate surface area is 237 Å². The smallest absolute Gasteiger partial charge is 0.332 e. The first-order valence-electron chi connectivity index (χ1n) is 14.2. The largest absolute Gasteiger partial charge is 0.367 e. The number of rotatable bonds is 4. The Hall–Kier alpha value is -4.28. The lowest BCUT2D eigenvalue weighted by Crippen LogP contribution is -2.70. The van der Waals surface area contributed by atoms with E-state index in [0.717, 1.165) is 58.1 Å². The molecular formula is C30H33N5O6. The number of allylic oxidation sites excluding steroid dienone is 1. The van der Waals surface area contributed by atoms with Crippen molar-refractivity contribution in [2.45, 2.75) is 57.4 Å². The van der Waals surface area contributed by atoms with Gasteiger partial charge < -0.3 is 4.90 Å². The minimum absolute atomic E-state index is 0.0972. The SMILES string of the molecule is CN1C(=O)N(C)C(=O)C2(Cc3cc(C=C4C(=O)NC(=O)N(CCC5=CCCCC5)C4=O)ccc3N3CCCC32)C1=O. The summed E-state index contributed by atoms with van der Waals surface area (Å²) in [5.74, 6) is -2.44. The van der Waals surface area contributed by atoms with Gasteiger partial charge >= 0.3 is 12.1 Å². The van der Waals surface area contributed by atoms with Crippen molar-refractivity contribution in [1.82, 2.24) is 20.0 Å². The molecule has 0 aromatic heterocycles. The Kier molecular flexibility index (Phi) is 6.55. The first kappa shape index (κ1) is 26.9.